The molecule has 0 atom stereocenters. The van der Waals surface area contributed by atoms with Gasteiger partial charge < -0.3 is 10.6 Å². The summed E-state index contributed by atoms with van der Waals surface area (Å²) in [5, 5.41) is 5.44. The molecule has 22 heavy (non-hydrogen) atoms. The zero-order valence-corrected chi connectivity index (χ0v) is 13.4. The van der Waals surface area contributed by atoms with Crippen LogP contribution in [0.2, 0.25) is 0 Å². The lowest BCUT2D eigenvalue weighted by Gasteiger charge is -2.06. The highest BCUT2D eigenvalue weighted by Gasteiger charge is 2.09. The Morgan fingerprint density at radius 3 is 2.50 bits per heavy atom. The number of rotatable bonds is 7. The maximum Gasteiger partial charge on any atom is 0.261 e. The van der Waals surface area contributed by atoms with E-state index in [1.54, 1.807) is 6.07 Å². The van der Waals surface area contributed by atoms with Crippen LogP contribution in [-0.2, 0) is 11.2 Å². The third-order valence-corrected chi connectivity index (χ3v) is 4.18. The van der Waals surface area contributed by atoms with Gasteiger partial charge in [-0.25, -0.2) is 0 Å². The fraction of sp³-hybridized carbons (Fsp3) is 0.294. The lowest BCUT2D eigenvalue weighted by atomic mass is 10.1. The van der Waals surface area contributed by atoms with Gasteiger partial charge in [-0.3, -0.25) is 9.59 Å². The molecular formula is C17H20N2O2S. The molecule has 1 heterocycles. The van der Waals surface area contributed by atoms with Gasteiger partial charge in [-0.1, -0.05) is 30.3 Å². The summed E-state index contributed by atoms with van der Waals surface area (Å²) >= 11 is 1.42. The molecule has 0 saturated carbocycles. The van der Waals surface area contributed by atoms with Gasteiger partial charge in [0.2, 0.25) is 5.91 Å². The molecule has 2 rings (SSSR count). The van der Waals surface area contributed by atoms with Crippen molar-refractivity contribution in [3.05, 3.63) is 57.8 Å². The molecule has 0 unspecified atom stereocenters. The van der Waals surface area contributed by atoms with Crippen molar-refractivity contribution >= 4 is 23.2 Å². The van der Waals surface area contributed by atoms with E-state index in [0.717, 1.165) is 17.7 Å². The number of benzene rings is 1. The second-order valence-corrected chi connectivity index (χ2v) is 6.32. The molecule has 1 aromatic carbocycles. The molecule has 2 N–H and O–H groups in total. The normalized spacial score (nSPS) is 10.2. The van der Waals surface area contributed by atoms with E-state index in [-0.39, 0.29) is 18.4 Å². The molecule has 0 aliphatic carbocycles. The quantitative estimate of drug-likeness (QED) is 0.771. The van der Waals surface area contributed by atoms with Gasteiger partial charge in [0, 0.05) is 11.4 Å². The highest BCUT2D eigenvalue weighted by Crippen LogP contribution is 2.14. The van der Waals surface area contributed by atoms with Crippen LogP contribution in [0.25, 0.3) is 0 Å². The van der Waals surface area contributed by atoms with E-state index < -0.39 is 0 Å². The first-order valence-electron chi connectivity index (χ1n) is 7.30. The Morgan fingerprint density at radius 1 is 1.05 bits per heavy atom. The zero-order chi connectivity index (χ0) is 15.8. The van der Waals surface area contributed by atoms with Crippen LogP contribution in [0.3, 0.4) is 0 Å². The van der Waals surface area contributed by atoms with Crippen LogP contribution in [0.15, 0.2) is 42.5 Å². The summed E-state index contributed by atoms with van der Waals surface area (Å²) in [6.07, 6.45) is 1.82. The van der Waals surface area contributed by atoms with Gasteiger partial charge in [-0.05, 0) is 37.5 Å². The third kappa shape index (κ3) is 5.33. The van der Waals surface area contributed by atoms with Gasteiger partial charge in [0.15, 0.2) is 0 Å². The molecule has 0 aliphatic heterocycles. The largest absolute Gasteiger partial charge is 0.355 e. The van der Waals surface area contributed by atoms with Gasteiger partial charge in [0.25, 0.3) is 5.91 Å². The van der Waals surface area contributed by atoms with E-state index in [1.807, 2.05) is 31.2 Å². The van der Waals surface area contributed by atoms with Gasteiger partial charge >= 0.3 is 0 Å². The minimum Gasteiger partial charge on any atom is -0.355 e. The van der Waals surface area contributed by atoms with Crippen LogP contribution in [0.1, 0.15) is 26.5 Å². The molecule has 0 spiro atoms. The Kier molecular flexibility index (Phi) is 6.15. The van der Waals surface area contributed by atoms with E-state index in [4.69, 9.17) is 0 Å². The van der Waals surface area contributed by atoms with Crippen molar-refractivity contribution in [3.63, 3.8) is 0 Å². The van der Waals surface area contributed by atoms with Crippen LogP contribution in [0, 0.1) is 6.92 Å². The Balaban J connectivity index is 1.61. The molecule has 1 aromatic heterocycles. The second-order valence-electron chi connectivity index (χ2n) is 5.03. The van der Waals surface area contributed by atoms with Crippen LogP contribution >= 0.6 is 11.3 Å². The number of hydrogen-bond acceptors (Lipinski definition) is 3. The second kappa shape index (κ2) is 8.34. The Hall–Kier alpha value is -2.14. The lowest BCUT2D eigenvalue weighted by molar-refractivity contribution is -0.120. The molecule has 5 heteroatoms. The molecule has 2 amide bonds. The minimum absolute atomic E-state index is 0.0150. The zero-order valence-electron chi connectivity index (χ0n) is 12.6. The van der Waals surface area contributed by atoms with Crippen LogP contribution in [0.5, 0.6) is 0 Å². The molecule has 2 aromatic rings. The molecular weight excluding hydrogens is 296 g/mol. The molecule has 0 fully saturated rings. The smallest absolute Gasteiger partial charge is 0.261 e. The van der Waals surface area contributed by atoms with Crippen molar-refractivity contribution in [1.29, 1.82) is 0 Å². The highest BCUT2D eigenvalue weighted by atomic mass is 32.1. The van der Waals surface area contributed by atoms with Gasteiger partial charge in [-0.15, -0.1) is 11.3 Å². The average molecular weight is 316 g/mol. The topological polar surface area (TPSA) is 58.2 Å². The van der Waals surface area contributed by atoms with Crippen molar-refractivity contribution in [3.8, 4) is 0 Å². The molecule has 0 aliphatic rings. The first kappa shape index (κ1) is 16.2. The summed E-state index contributed by atoms with van der Waals surface area (Å²) < 4.78 is 0. The van der Waals surface area contributed by atoms with E-state index in [9.17, 15) is 9.59 Å². The number of carbonyl (C=O) groups is 2. The summed E-state index contributed by atoms with van der Waals surface area (Å²) in [4.78, 5) is 25.2. The third-order valence-electron chi connectivity index (χ3n) is 3.18. The van der Waals surface area contributed by atoms with Crippen molar-refractivity contribution in [1.82, 2.24) is 10.6 Å². The summed E-state index contributed by atoms with van der Waals surface area (Å²) in [5.41, 5.74) is 1.26. The predicted octanol–water partition coefficient (Wildman–Crippen LogP) is 2.54. The standard InChI is InChI=1S/C17H20N2O2S/c1-13-9-10-15(22-13)17(21)19-12-16(20)18-11-5-8-14-6-3-2-4-7-14/h2-4,6-7,9-10H,5,8,11-12H2,1H3,(H,18,20)(H,19,21). The number of nitrogens with one attached hydrogen (secondary N) is 2. The summed E-state index contributed by atoms with van der Waals surface area (Å²) in [6, 6.07) is 13.8. The summed E-state index contributed by atoms with van der Waals surface area (Å²) in [5.74, 6) is -0.354. The number of amides is 2. The predicted molar refractivity (Wildman–Crippen MR) is 89.2 cm³/mol. The van der Waals surface area contributed by atoms with Crippen LogP contribution in [0.4, 0.5) is 0 Å². The van der Waals surface area contributed by atoms with Crippen molar-refractivity contribution in [2.24, 2.45) is 0 Å². The fourth-order valence-corrected chi connectivity index (χ4v) is 2.82. The number of hydrogen-bond donors (Lipinski definition) is 2. The van der Waals surface area contributed by atoms with E-state index in [1.165, 1.54) is 16.9 Å². The molecule has 0 saturated heterocycles. The number of thiophene rings is 1. The Morgan fingerprint density at radius 2 is 1.82 bits per heavy atom. The van der Waals surface area contributed by atoms with Gasteiger partial charge in [-0.2, -0.15) is 0 Å². The monoisotopic (exact) mass is 316 g/mol. The maximum absolute atomic E-state index is 11.8. The first-order valence-corrected chi connectivity index (χ1v) is 8.12. The van der Waals surface area contributed by atoms with E-state index in [2.05, 4.69) is 22.8 Å². The van der Waals surface area contributed by atoms with Crippen molar-refractivity contribution in [2.45, 2.75) is 19.8 Å². The molecule has 0 radical (unpaired) electrons. The fourth-order valence-electron chi connectivity index (χ4n) is 2.03. The van der Waals surface area contributed by atoms with Crippen LogP contribution in [-0.4, -0.2) is 24.9 Å². The van der Waals surface area contributed by atoms with Crippen LogP contribution < -0.4 is 10.6 Å². The molecule has 0 bridgehead atoms. The lowest BCUT2D eigenvalue weighted by Crippen LogP contribution is -2.37. The van der Waals surface area contributed by atoms with E-state index in [0.29, 0.717) is 11.4 Å². The number of carbonyl (C=O) groups excluding carboxylic acids is 2. The summed E-state index contributed by atoms with van der Waals surface area (Å²) in [6.45, 7) is 2.57. The maximum atomic E-state index is 11.8. The minimum atomic E-state index is -0.197. The SMILES string of the molecule is Cc1ccc(C(=O)NCC(=O)NCCCc2ccccc2)s1. The Bertz CT molecular complexity index is 623. The highest BCUT2D eigenvalue weighted by molar-refractivity contribution is 7.13. The number of aryl methyl sites for hydroxylation is 2. The van der Waals surface area contributed by atoms with Crippen molar-refractivity contribution < 1.29 is 9.59 Å². The van der Waals surface area contributed by atoms with E-state index >= 15 is 0 Å². The van der Waals surface area contributed by atoms with Gasteiger partial charge in [0.1, 0.15) is 0 Å². The van der Waals surface area contributed by atoms with Crippen molar-refractivity contribution in [2.75, 3.05) is 13.1 Å². The molecule has 116 valence electrons. The Labute approximate surface area is 134 Å². The molecule has 4 nitrogen and oxygen atoms in total. The van der Waals surface area contributed by atoms with Gasteiger partial charge in [0.05, 0.1) is 11.4 Å². The first-order chi connectivity index (χ1) is 10.6. The summed E-state index contributed by atoms with van der Waals surface area (Å²) in [7, 11) is 0. The average Bonchev–Trinajstić information content (AvgIpc) is 2.97.